The fraction of sp³-hybridized carbons (Fsp3) is 1.00. The van der Waals surface area contributed by atoms with Crippen LogP contribution in [0.5, 0.6) is 0 Å². The van der Waals surface area contributed by atoms with E-state index in [9.17, 15) is 20.4 Å². The number of aliphatic hydroxyl groups is 4. The van der Waals surface area contributed by atoms with Crippen LogP contribution in [-0.2, 0) is 14.2 Å². The van der Waals surface area contributed by atoms with Gasteiger partial charge >= 0.3 is 0 Å². The lowest BCUT2D eigenvalue weighted by Gasteiger charge is -2.41. The molecule has 0 saturated carbocycles. The molecule has 0 amide bonds. The molecule has 2 aliphatic heterocycles. The molecule has 0 aromatic heterocycles. The fourth-order valence-corrected chi connectivity index (χ4v) is 3.03. The lowest BCUT2D eigenvalue weighted by Crippen LogP contribution is -2.52. The summed E-state index contributed by atoms with van der Waals surface area (Å²) >= 11 is 0. The highest BCUT2D eigenvalue weighted by Crippen LogP contribution is 2.30. The van der Waals surface area contributed by atoms with Crippen LogP contribution in [-0.4, -0.2) is 76.6 Å². The Kier molecular flexibility index (Phi) is 6.58. The Balaban J connectivity index is 1.93. The van der Waals surface area contributed by atoms with Gasteiger partial charge in [0.2, 0.25) is 0 Å². The molecular formula is C15H28O7. The molecule has 4 N–H and O–H groups in total. The van der Waals surface area contributed by atoms with Gasteiger partial charge in [0, 0.05) is 19.3 Å². The van der Waals surface area contributed by atoms with Crippen molar-refractivity contribution in [2.45, 2.75) is 76.0 Å². The maximum Gasteiger partial charge on any atom is 0.161 e. The summed E-state index contributed by atoms with van der Waals surface area (Å²) < 4.78 is 17.2. The molecule has 22 heavy (non-hydrogen) atoms. The smallest absolute Gasteiger partial charge is 0.161 e. The molecule has 0 radical (unpaired) electrons. The van der Waals surface area contributed by atoms with Gasteiger partial charge in [0.25, 0.3) is 0 Å². The van der Waals surface area contributed by atoms with Crippen molar-refractivity contribution in [3.63, 3.8) is 0 Å². The maximum atomic E-state index is 9.83. The molecular weight excluding hydrogens is 292 g/mol. The van der Waals surface area contributed by atoms with E-state index in [0.717, 1.165) is 0 Å². The number of aliphatic hydroxyl groups excluding tert-OH is 4. The molecule has 0 aromatic carbocycles. The van der Waals surface area contributed by atoms with E-state index >= 15 is 0 Å². The first kappa shape index (κ1) is 18.1. The van der Waals surface area contributed by atoms with Crippen molar-refractivity contribution in [2.75, 3.05) is 13.2 Å². The number of hydrogen-bond acceptors (Lipinski definition) is 7. The summed E-state index contributed by atoms with van der Waals surface area (Å²) in [6.07, 6.45) is -2.61. The van der Waals surface area contributed by atoms with E-state index in [-0.39, 0.29) is 37.9 Å². The molecule has 2 rings (SSSR count). The summed E-state index contributed by atoms with van der Waals surface area (Å²) in [6.45, 7) is 3.68. The van der Waals surface area contributed by atoms with Crippen LogP contribution in [0.2, 0.25) is 0 Å². The maximum absolute atomic E-state index is 9.83. The standard InChI is InChI=1S/C15H28O7/c1-8(2)12-4-9(3-10(6-16)20-12)21-14-5-11(18)15(19)13(7-17)22-14/h8-19H,3-7H2,1-2H3/t9-,10-,11+,12?,13+,14+,15-/m0/s1. The Morgan fingerprint density at radius 3 is 2.36 bits per heavy atom. The van der Waals surface area contributed by atoms with E-state index in [1.807, 2.05) is 0 Å². The van der Waals surface area contributed by atoms with Crippen LogP contribution < -0.4 is 0 Å². The van der Waals surface area contributed by atoms with Crippen molar-refractivity contribution >= 4 is 0 Å². The first-order valence-corrected chi connectivity index (χ1v) is 7.98. The number of ether oxygens (including phenoxy) is 3. The van der Waals surface area contributed by atoms with Gasteiger partial charge in [-0.25, -0.2) is 0 Å². The van der Waals surface area contributed by atoms with Gasteiger partial charge in [0.1, 0.15) is 12.2 Å². The minimum absolute atomic E-state index is 0.00337. The zero-order valence-corrected chi connectivity index (χ0v) is 13.2. The second kappa shape index (κ2) is 8.01. The third-order valence-corrected chi connectivity index (χ3v) is 4.40. The fourth-order valence-electron chi connectivity index (χ4n) is 3.03. The monoisotopic (exact) mass is 320 g/mol. The van der Waals surface area contributed by atoms with Crippen molar-refractivity contribution < 1.29 is 34.6 Å². The molecule has 7 heteroatoms. The zero-order chi connectivity index (χ0) is 16.3. The molecule has 1 unspecified atom stereocenters. The minimum Gasteiger partial charge on any atom is -0.394 e. The molecule has 2 saturated heterocycles. The summed E-state index contributed by atoms with van der Waals surface area (Å²) in [4.78, 5) is 0. The largest absolute Gasteiger partial charge is 0.394 e. The van der Waals surface area contributed by atoms with Gasteiger partial charge < -0.3 is 34.6 Å². The van der Waals surface area contributed by atoms with Crippen LogP contribution in [0.4, 0.5) is 0 Å². The third-order valence-electron chi connectivity index (χ3n) is 4.40. The number of rotatable bonds is 5. The van der Waals surface area contributed by atoms with E-state index in [0.29, 0.717) is 18.8 Å². The van der Waals surface area contributed by atoms with E-state index in [1.165, 1.54) is 0 Å². The molecule has 7 atom stereocenters. The van der Waals surface area contributed by atoms with Crippen molar-refractivity contribution in [1.29, 1.82) is 0 Å². The third kappa shape index (κ3) is 4.38. The van der Waals surface area contributed by atoms with Crippen molar-refractivity contribution in [2.24, 2.45) is 5.92 Å². The molecule has 0 spiro atoms. The normalized spacial score (nSPS) is 43.5. The molecule has 0 aromatic rings. The van der Waals surface area contributed by atoms with E-state index in [2.05, 4.69) is 13.8 Å². The predicted molar refractivity (Wildman–Crippen MR) is 77.1 cm³/mol. The van der Waals surface area contributed by atoms with Gasteiger partial charge in [-0.2, -0.15) is 0 Å². The van der Waals surface area contributed by atoms with E-state index in [4.69, 9.17) is 14.2 Å². The van der Waals surface area contributed by atoms with Crippen LogP contribution in [0, 0.1) is 5.92 Å². The second-order valence-electron chi connectivity index (χ2n) is 6.53. The van der Waals surface area contributed by atoms with Crippen molar-refractivity contribution in [1.82, 2.24) is 0 Å². The SMILES string of the molecule is CC(C)C1C[C@@H](O[C@H]2C[C@@H](O)[C@H](O)[C@@H](CO)O2)C[C@@H](CO)O1. The van der Waals surface area contributed by atoms with Gasteiger partial charge in [0.05, 0.1) is 37.6 Å². The summed E-state index contributed by atoms with van der Waals surface area (Å²) in [5.41, 5.74) is 0. The summed E-state index contributed by atoms with van der Waals surface area (Å²) in [5, 5.41) is 38.1. The molecule has 2 heterocycles. The highest BCUT2D eigenvalue weighted by atomic mass is 16.7. The summed E-state index contributed by atoms with van der Waals surface area (Å²) in [7, 11) is 0. The first-order valence-electron chi connectivity index (χ1n) is 7.98. The number of hydrogen-bond donors (Lipinski definition) is 4. The summed E-state index contributed by atoms with van der Waals surface area (Å²) in [5.74, 6) is 0.310. The summed E-state index contributed by atoms with van der Waals surface area (Å²) in [6, 6.07) is 0. The quantitative estimate of drug-likeness (QED) is 0.535. The van der Waals surface area contributed by atoms with Crippen LogP contribution in [0.1, 0.15) is 33.1 Å². The molecule has 2 aliphatic rings. The van der Waals surface area contributed by atoms with Crippen molar-refractivity contribution in [3.8, 4) is 0 Å². The minimum atomic E-state index is -1.10. The first-order chi connectivity index (χ1) is 10.4. The molecule has 2 fully saturated rings. The lowest BCUT2D eigenvalue weighted by atomic mass is 9.94. The Morgan fingerprint density at radius 2 is 1.77 bits per heavy atom. The van der Waals surface area contributed by atoms with Crippen LogP contribution in [0.15, 0.2) is 0 Å². The molecule has 0 aliphatic carbocycles. The van der Waals surface area contributed by atoms with Crippen LogP contribution in [0.3, 0.4) is 0 Å². The second-order valence-corrected chi connectivity index (χ2v) is 6.53. The van der Waals surface area contributed by atoms with E-state index < -0.39 is 24.6 Å². The van der Waals surface area contributed by atoms with Gasteiger partial charge in [-0.05, 0) is 5.92 Å². The van der Waals surface area contributed by atoms with Gasteiger partial charge in [0.15, 0.2) is 6.29 Å². The molecule has 0 bridgehead atoms. The lowest BCUT2D eigenvalue weighted by molar-refractivity contribution is -0.281. The highest BCUT2D eigenvalue weighted by Gasteiger charge is 2.39. The topological polar surface area (TPSA) is 109 Å². The van der Waals surface area contributed by atoms with Crippen LogP contribution >= 0.6 is 0 Å². The van der Waals surface area contributed by atoms with Gasteiger partial charge in [-0.3, -0.25) is 0 Å². The van der Waals surface area contributed by atoms with Crippen molar-refractivity contribution in [3.05, 3.63) is 0 Å². The van der Waals surface area contributed by atoms with Crippen LogP contribution in [0.25, 0.3) is 0 Å². The zero-order valence-electron chi connectivity index (χ0n) is 13.2. The average Bonchev–Trinajstić information content (AvgIpc) is 2.50. The Bertz CT molecular complexity index is 338. The Morgan fingerprint density at radius 1 is 1.05 bits per heavy atom. The van der Waals surface area contributed by atoms with E-state index in [1.54, 1.807) is 0 Å². The van der Waals surface area contributed by atoms with Gasteiger partial charge in [-0.1, -0.05) is 13.8 Å². The molecule has 130 valence electrons. The Labute approximate surface area is 130 Å². The predicted octanol–water partition coefficient (Wildman–Crippen LogP) is -0.603. The molecule has 7 nitrogen and oxygen atoms in total. The van der Waals surface area contributed by atoms with Gasteiger partial charge in [-0.15, -0.1) is 0 Å². The Hall–Kier alpha value is -0.280. The average molecular weight is 320 g/mol. The highest BCUT2D eigenvalue weighted by molar-refractivity contribution is 4.84.